The number of fused-ring (bicyclic) bond motifs is 4. The van der Waals surface area contributed by atoms with Crippen molar-refractivity contribution >= 4 is 5.91 Å². The molecule has 5 nitrogen and oxygen atoms in total. The molecule has 2 atom stereocenters. The van der Waals surface area contributed by atoms with Gasteiger partial charge in [0.1, 0.15) is 0 Å². The fraction of sp³-hybridized carbons (Fsp3) is 0.474. The summed E-state index contributed by atoms with van der Waals surface area (Å²) in [5.74, 6) is 0.887. The molecule has 0 saturated carbocycles. The van der Waals surface area contributed by atoms with Crippen LogP contribution in [0.5, 0.6) is 0 Å². The van der Waals surface area contributed by atoms with Crippen molar-refractivity contribution < 1.29 is 9.32 Å². The molecule has 0 N–H and O–H groups in total. The van der Waals surface area contributed by atoms with Crippen molar-refractivity contribution in [2.45, 2.75) is 32.4 Å². The molecule has 3 aliphatic heterocycles. The maximum Gasteiger partial charge on any atom is 0.292 e. The van der Waals surface area contributed by atoms with E-state index >= 15 is 0 Å². The molecule has 2 bridgehead atoms. The maximum absolute atomic E-state index is 12.7. The fourth-order valence-electron chi connectivity index (χ4n) is 3.98. The van der Waals surface area contributed by atoms with Crippen molar-refractivity contribution in [3.05, 3.63) is 53.4 Å². The van der Waals surface area contributed by atoms with Crippen LogP contribution in [0.15, 0.2) is 40.9 Å². The minimum atomic E-state index is -0.0194. The quantitative estimate of drug-likeness (QED) is 0.871. The second-order valence-corrected chi connectivity index (χ2v) is 7.05. The van der Waals surface area contributed by atoms with Gasteiger partial charge in [0.15, 0.2) is 0 Å². The second kappa shape index (κ2) is 6.40. The van der Waals surface area contributed by atoms with Gasteiger partial charge in [-0.05, 0) is 31.2 Å². The highest BCUT2D eigenvalue weighted by molar-refractivity contribution is 5.91. The zero-order valence-corrected chi connectivity index (χ0v) is 14.0. The average molecular weight is 325 g/mol. The summed E-state index contributed by atoms with van der Waals surface area (Å²) in [5.41, 5.74) is 2.09. The van der Waals surface area contributed by atoms with Gasteiger partial charge in [0, 0.05) is 38.3 Å². The summed E-state index contributed by atoms with van der Waals surface area (Å²) in [4.78, 5) is 17.2. The van der Waals surface area contributed by atoms with Crippen LogP contribution in [0.2, 0.25) is 0 Å². The Hall–Kier alpha value is -2.14. The summed E-state index contributed by atoms with van der Waals surface area (Å²) >= 11 is 0. The Kier molecular flexibility index (Phi) is 4.10. The molecule has 2 aromatic rings. The molecule has 24 heavy (non-hydrogen) atoms. The van der Waals surface area contributed by atoms with Crippen LogP contribution < -0.4 is 0 Å². The van der Waals surface area contributed by atoms with E-state index in [-0.39, 0.29) is 5.91 Å². The lowest BCUT2D eigenvalue weighted by molar-refractivity contribution is 0.0694. The first-order valence-corrected chi connectivity index (χ1v) is 8.69. The summed E-state index contributed by atoms with van der Waals surface area (Å²) < 4.78 is 5.18. The lowest BCUT2D eigenvalue weighted by Gasteiger charge is -2.36. The molecule has 0 spiro atoms. The van der Waals surface area contributed by atoms with Crippen molar-refractivity contribution in [1.29, 1.82) is 0 Å². The molecule has 1 aromatic heterocycles. The minimum Gasteiger partial charge on any atom is -0.351 e. The molecule has 3 saturated heterocycles. The number of carbonyl (C=O) groups is 1. The van der Waals surface area contributed by atoms with Gasteiger partial charge in [-0.15, -0.1) is 0 Å². The molecule has 126 valence electrons. The highest BCUT2D eigenvalue weighted by atomic mass is 16.5. The third kappa shape index (κ3) is 3.08. The molecule has 0 radical (unpaired) electrons. The summed E-state index contributed by atoms with van der Waals surface area (Å²) in [6.45, 7) is 5.47. The molecule has 3 fully saturated rings. The van der Waals surface area contributed by atoms with Crippen LogP contribution in [0, 0.1) is 12.8 Å². The van der Waals surface area contributed by atoms with Crippen molar-refractivity contribution in [1.82, 2.24) is 15.0 Å². The zero-order chi connectivity index (χ0) is 16.5. The number of nitrogens with zero attached hydrogens (tertiary/aromatic N) is 3. The molecule has 5 heteroatoms. The number of hydrogen-bond acceptors (Lipinski definition) is 4. The Labute approximate surface area is 142 Å². The lowest BCUT2D eigenvalue weighted by atomic mass is 9.94. The normalized spacial score (nSPS) is 24.1. The first kappa shape index (κ1) is 15.4. The Balaban J connectivity index is 1.49. The van der Waals surface area contributed by atoms with Crippen molar-refractivity contribution in [2.24, 2.45) is 5.92 Å². The monoisotopic (exact) mass is 325 g/mol. The maximum atomic E-state index is 12.7. The number of aromatic nitrogens is 1. The standard InChI is InChI=1S/C19H23N3O2/c1-14-9-18(24-20-14)19(23)22-12-16-7-8-17(13-22)21(11-16)10-15-5-3-2-4-6-15/h2-6,9,16-17H,7-8,10-13H2,1H3/t16-,17-/m1/s1. The summed E-state index contributed by atoms with van der Waals surface area (Å²) in [7, 11) is 0. The van der Waals surface area contributed by atoms with E-state index in [1.165, 1.54) is 12.0 Å². The van der Waals surface area contributed by atoms with Crippen LogP contribution in [0.1, 0.15) is 34.7 Å². The van der Waals surface area contributed by atoms with Crippen molar-refractivity contribution in [3.63, 3.8) is 0 Å². The zero-order valence-electron chi connectivity index (χ0n) is 14.0. The first-order valence-electron chi connectivity index (χ1n) is 8.69. The molecule has 1 aromatic carbocycles. The summed E-state index contributed by atoms with van der Waals surface area (Å²) in [6, 6.07) is 12.8. The Morgan fingerprint density at radius 2 is 2.04 bits per heavy atom. The molecular weight excluding hydrogens is 302 g/mol. The number of rotatable bonds is 3. The molecule has 1 amide bonds. The van der Waals surface area contributed by atoms with Gasteiger partial charge in [0.2, 0.25) is 5.76 Å². The van der Waals surface area contributed by atoms with Gasteiger partial charge in [-0.3, -0.25) is 9.69 Å². The second-order valence-electron chi connectivity index (χ2n) is 7.05. The lowest BCUT2D eigenvalue weighted by Crippen LogP contribution is -2.43. The molecular formula is C19H23N3O2. The van der Waals surface area contributed by atoms with Gasteiger partial charge in [-0.2, -0.15) is 0 Å². The minimum absolute atomic E-state index is 0.0194. The Bertz CT molecular complexity index is 712. The SMILES string of the molecule is Cc1cc(C(=O)N2C[C@@H]3CC[C@H](C2)N(Cc2ccccc2)C3)on1. The fourth-order valence-corrected chi connectivity index (χ4v) is 3.98. The third-order valence-electron chi connectivity index (χ3n) is 5.18. The third-order valence-corrected chi connectivity index (χ3v) is 5.18. The molecule has 3 aliphatic rings. The van der Waals surface area contributed by atoms with E-state index in [1.807, 2.05) is 11.8 Å². The predicted octanol–water partition coefficient (Wildman–Crippen LogP) is 2.72. The van der Waals surface area contributed by atoms with E-state index in [1.54, 1.807) is 6.07 Å². The van der Waals surface area contributed by atoms with E-state index in [9.17, 15) is 4.79 Å². The van der Waals surface area contributed by atoms with E-state index < -0.39 is 0 Å². The van der Waals surface area contributed by atoms with Crippen LogP contribution >= 0.6 is 0 Å². The summed E-state index contributed by atoms with van der Waals surface area (Å²) in [6.07, 6.45) is 2.37. The summed E-state index contributed by atoms with van der Waals surface area (Å²) in [5, 5.41) is 3.85. The molecule has 5 rings (SSSR count). The highest BCUT2D eigenvalue weighted by Crippen LogP contribution is 2.30. The van der Waals surface area contributed by atoms with Crippen LogP contribution in [-0.4, -0.2) is 46.5 Å². The van der Waals surface area contributed by atoms with Gasteiger partial charge in [0.25, 0.3) is 5.91 Å². The largest absolute Gasteiger partial charge is 0.351 e. The van der Waals surface area contributed by atoms with Crippen LogP contribution in [-0.2, 0) is 6.54 Å². The van der Waals surface area contributed by atoms with Gasteiger partial charge in [-0.25, -0.2) is 0 Å². The van der Waals surface area contributed by atoms with E-state index in [4.69, 9.17) is 4.52 Å². The van der Waals surface area contributed by atoms with Gasteiger partial charge in [0.05, 0.1) is 5.69 Å². The molecule has 0 aliphatic carbocycles. The molecule has 0 unspecified atom stereocenters. The van der Waals surface area contributed by atoms with Gasteiger partial charge < -0.3 is 9.42 Å². The number of piperidine rings is 1. The topological polar surface area (TPSA) is 49.6 Å². The smallest absolute Gasteiger partial charge is 0.292 e. The van der Waals surface area contributed by atoms with E-state index in [0.717, 1.165) is 38.3 Å². The van der Waals surface area contributed by atoms with E-state index in [0.29, 0.717) is 17.7 Å². The van der Waals surface area contributed by atoms with Crippen LogP contribution in [0.4, 0.5) is 0 Å². The van der Waals surface area contributed by atoms with E-state index in [2.05, 4.69) is 40.4 Å². The van der Waals surface area contributed by atoms with Crippen molar-refractivity contribution in [2.75, 3.05) is 19.6 Å². The van der Waals surface area contributed by atoms with Gasteiger partial charge >= 0.3 is 0 Å². The number of hydrogen-bond donors (Lipinski definition) is 0. The number of carbonyl (C=O) groups excluding carboxylic acids is 1. The average Bonchev–Trinajstić information content (AvgIpc) is 2.83. The number of amides is 1. The highest BCUT2D eigenvalue weighted by Gasteiger charge is 2.37. The Morgan fingerprint density at radius 3 is 2.79 bits per heavy atom. The van der Waals surface area contributed by atoms with Gasteiger partial charge in [-0.1, -0.05) is 35.5 Å². The molecule has 4 heterocycles. The van der Waals surface area contributed by atoms with Crippen molar-refractivity contribution in [3.8, 4) is 0 Å². The van der Waals surface area contributed by atoms with Crippen LogP contribution in [0.3, 0.4) is 0 Å². The number of benzene rings is 1. The van der Waals surface area contributed by atoms with Crippen LogP contribution in [0.25, 0.3) is 0 Å². The first-order chi connectivity index (χ1) is 11.7. The predicted molar refractivity (Wildman–Crippen MR) is 90.5 cm³/mol. The number of aryl methyl sites for hydroxylation is 1. The Morgan fingerprint density at radius 1 is 1.21 bits per heavy atom.